The number of carbonyl (C=O) groups excluding carboxylic acids is 1. The molecule has 0 aliphatic rings. The van der Waals surface area contributed by atoms with Crippen molar-refractivity contribution < 1.29 is 14.7 Å². The number of carbonyl (C=O) groups is 2. The number of anilines is 1. The summed E-state index contributed by atoms with van der Waals surface area (Å²) >= 11 is 10.8. The van der Waals surface area contributed by atoms with E-state index in [0.29, 0.717) is 11.3 Å². The van der Waals surface area contributed by atoms with Crippen molar-refractivity contribution in [1.29, 1.82) is 0 Å². The maximum Gasteiger partial charge on any atom is 0.411 e. The Morgan fingerprint density at radius 3 is 2.19 bits per heavy atom. The van der Waals surface area contributed by atoms with Gasteiger partial charge in [-0.3, -0.25) is 9.69 Å². The predicted molar refractivity (Wildman–Crippen MR) is 62.7 cm³/mol. The molecule has 86 valence electrons. The highest BCUT2D eigenvalue weighted by Crippen LogP contribution is 2.16. The van der Waals surface area contributed by atoms with E-state index in [2.05, 4.69) is 0 Å². The van der Waals surface area contributed by atoms with Gasteiger partial charge >= 0.3 is 6.09 Å². The third-order valence-electron chi connectivity index (χ3n) is 1.94. The van der Waals surface area contributed by atoms with Gasteiger partial charge < -0.3 is 5.11 Å². The molecule has 0 spiro atoms. The summed E-state index contributed by atoms with van der Waals surface area (Å²) in [5.74, 6) is 0.197. The van der Waals surface area contributed by atoms with E-state index in [9.17, 15) is 9.59 Å². The van der Waals surface area contributed by atoms with Gasteiger partial charge in [0.15, 0.2) is 0 Å². The number of carboxylic acid groups (broad SMARTS) is 1. The molecule has 0 aliphatic heterocycles. The average Bonchev–Trinajstić information content (AvgIpc) is 2.25. The highest BCUT2D eigenvalue weighted by Gasteiger charge is 2.13. The first-order valence-corrected chi connectivity index (χ1v) is 5.34. The van der Waals surface area contributed by atoms with Crippen LogP contribution < -0.4 is 4.90 Å². The smallest absolute Gasteiger partial charge is 0.411 e. The van der Waals surface area contributed by atoms with Crippen molar-refractivity contribution in [3.63, 3.8) is 0 Å². The zero-order valence-electron chi connectivity index (χ0n) is 8.19. The molecule has 0 heterocycles. The summed E-state index contributed by atoms with van der Waals surface area (Å²) in [6.45, 7) is 0.186. The minimum atomic E-state index is -1.09. The lowest BCUT2D eigenvalue weighted by molar-refractivity contribution is 0.108. The van der Waals surface area contributed by atoms with Crippen molar-refractivity contribution >= 4 is 40.2 Å². The molecule has 4 nitrogen and oxygen atoms in total. The van der Waals surface area contributed by atoms with Crippen LogP contribution in [0.4, 0.5) is 10.5 Å². The summed E-state index contributed by atoms with van der Waals surface area (Å²) in [5.41, 5.74) is 0.774. The first kappa shape index (κ1) is 12.8. The number of hydrogen-bond donors (Lipinski definition) is 1. The van der Waals surface area contributed by atoms with Crippen LogP contribution in [0, 0.1) is 0 Å². The molecule has 0 unspecified atom stereocenters. The number of rotatable bonds is 4. The zero-order valence-corrected chi connectivity index (χ0v) is 9.70. The van der Waals surface area contributed by atoms with Crippen LogP contribution in [0.15, 0.2) is 24.3 Å². The monoisotopic (exact) mass is 261 g/mol. The van der Waals surface area contributed by atoms with E-state index >= 15 is 0 Å². The van der Waals surface area contributed by atoms with Gasteiger partial charge in [-0.05, 0) is 35.9 Å². The average molecular weight is 262 g/mol. The fraction of sp³-hybridized carbons (Fsp3) is 0.200. The quantitative estimate of drug-likeness (QED) is 0.670. The molecule has 6 heteroatoms. The summed E-state index contributed by atoms with van der Waals surface area (Å²) in [6, 6.07) is 5.95. The minimum absolute atomic E-state index is 0.186. The lowest BCUT2D eigenvalue weighted by Crippen LogP contribution is -2.30. The highest BCUT2D eigenvalue weighted by molar-refractivity contribution is 6.67. The molecule has 0 atom stereocenters. The standard InChI is InChI=1S/C10H9Cl2NO3/c11-5-6-13(10(15)16)8-3-1-7(2-4-8)9(12)14/h1-4H,5-6H2,(H,15,16). The van der Waals surface area contributed by atoms with Crippen LogP contribution >= 0.6 is 23.2 Å². The van der Waals surface area contributed by atoms with E-state index in [1.165, 1.54) is 24.3 Å². The first-order valence-electron chi connectivity index (χ1n) is 4.42. The van der Waals surface area contributed by atoms with Crippen molar-refractivity contribution in [1.82, 2.24) is 0 Å². The van der Waals surface area contributed by atoms with Gasteiger partial charge in [0.05, 0.1) is 0 Å². The van der Waals surface area contributed by atoms with E-state index in [0.717, 1.165) is 4.90 Å². The topological polar surface area (TPSA) is 57.6 Å². The molecule has 0 aromatic heterocycles. The summed E-state index contributed by atoms with van der Waals surface area (Å²) in [6.07, 6.45) is -1.09. The summed E-state index contributed by atoms with van der Waals surface area (Å²) < 4.78 is 0. The molecule has 1 amide bonds. The molecule has 0 bridgehead atoms. The van der Waals surface area contributed by atoms with Crippen molar-refractivity contribution in [2.75, 3.05) is 17.3 Å². The van der Waals surface area contributed by atoms with Gasteiger partial charge in [-0.15, -0.1) is 11.6 Å². The molecule has 0 saturated heterocycles. The second kappa shape index (κ2) is 5.72. The lowest BCUT2D eigenvalue weighted by Gasteiger charge is -2.17. The van der Waals surface area contributed by atoms with E-state index in [1.807, 2.05) is 0 Å². The van der Waals surface area contributed by atoms with Crippen LogP contribution in [0.5, 0.6) is 0 Å². The number of alkyl halides is 1. The fourth-order valence-electron chi connectivity index (χ4n) is 1.19. The van der Waals surface area contributed by atoms with Gasteiger partial charge in [-0.1, -0.05) is 0 Å². The van der Waals surface area contributed by atoms with Crippen LogP contribution in [0.3, 0.4) is 0 Å². The Hall–Kier alpha value is -1.26. The number of hydrogen-bond acceptors (Lipinski definition) is 2. The van der Waals surface area contributed by atoms with Crippen LogP contribution in [0.2, 0.25) is 0 Å². The molecule has 1 aromatic carbocycles. The van der Waals surface area contributed by atoms with E-state index in [4.69, 9.17) is 28.3 Å². The van der Waals surface area contributed by atoms with E-state index in [-0.39, 0.29) is 12.4 Å². The normalized spacial score (nSPS) is 9.88. The number of amides is 1. The molecular formula is C10H9Cl2NO3. The SMILES string of the molecule is O=C(Cl)c1ccc(N(CCCl)C(=O)O)cc1. The third-order valence-corrected chi connectivity index (χ3v) is 2.33. The second-order valence-corrected chi connectivity index (χ2v) is 3.67. The summed E-state index contributed by atoms with van der Waals surface area (Å²) in [4.78, 5) is 22.8. The molecule has 0 aliphatic carbocycles. The third kappa shape index (κ3) is 3.12. The zero-order chi connectivity index (χ0) is 12.1. The Morgan fingerprint density at radius 2 is 1.81 bits per heavy atom. The molecule has 16 heavy (non-hydrogen) atoms. The van der Waals surface area contributed by atoms with Crippen molar-refractivity contribution in [3.8, 4) is 0 Å². The molecular weight excluding hydrogens is 253 g/mol. The molecule has 0 radical (unpaired) electrons. The molecule has 0 saturated carbocycles. The Labute approximate surface area is 102 Å². The van der Waals surface area contributed by atoms with Crippen LogP contribution in [-0.4, -0.2) is 28.9 Å². The number of benzene rings is 1. The molecule has 0 fully saturated rings. The largest absolute Gasteiger partial charge is 0.465 e. The minimum Gasteiger partial charge on any atom is -0.465 e. The summed E-state index contributed by atoms with van der Waals surface area (Å²) in [5, 5.41) is 8.33. The number of halogens is 2. The van der Waals surface area contributed by atoms with Gasteiger partial charge in [-0.25, -0.2) is 4.79 Å². The molecule has 1 aromatic rings. The maximum atomic E-state index is 10.9. The fourth-order valence-corrected chi connectivity index (χ4v) is 1.49. The molecule has 1 rings (SSSR count). The van der Waals surface area contributed by atoms with Crippen LogP contribution in [-0.2, 0) is 0 Å². The van der Waals surface area contributed by atoms with Crippen molar-refractivity contribution in [3.05, 3.63) is 29.8 Å². The van der Waals surface area contributed by atoms with Crippen molar-refractivity contribution in [2.45, 2.75) is 0 Å². The van der Waals surface area contributed by atoms with Gasteiger partial charge in [0.1, 0.15) is 0 Å². The Morgan fingerprint density at radius 1 is 1.25 bits per heavy atom. The Balaban J connectivity index is 2.94. The maximum absolute atomic E-state index is 10.9. The van der Waals surface area contributed by atoms with Crippen molar-refractivity contribution in [2.24, 2.45) is 0 Å². The highest BCUT2D eigenvalue weighted by atomic mass is 35.5. The van der Waals surface area contributed by atoms with Crippen LogP contribution in [0.1, 0.15) is 10.4 Å². The van der Waals surface area contributed by atoms with E-state index < -0.39 is 11.3 Å². The number of nitrogens with zero attached hydrogens (tertiary/aromatic N) is 1. The van der Waals surface area contributed by atoms with Gasteiger partial charge in [-0.2, -0.15) is 0 Å². The second-order valence-electron chi connectivity index (χ2n) is 2.94. The summed E-state index contributed by atoms with van der Waals surface area (Å²) in [7, 11) is 0. The van der Waals surface area contributed by atoms with Gasteiger partial charge in [0.2, 0.25) is 0 Å². The lowest BCUT2D eigenvalue weighted by atomic mass is 10.2. The Kier molecular flexibility index (Phi) is 4.58. The van der Waals surface area contributed by atoms with E-state index in [1.54, 1.807) is 0 Å². The van der Waals surface area contributed by atoms with Gasteiger partial charge in [0.25, 0.3) is 5.24 Å². The first-order chi connectivity index (χ1) is 7.56. The Bertz CT molecular complexity index is 392. The van der Waals surface area contributed by atoms with Crippen LogP contribution in [0.25, 0.3) is 0 Å². The predicted octanol–water partition coefficient (Wildman–Crippen LogP) is 2.79. The molecule has 1 N–H and O–H groups in total. The van der Waals surface area contributed by atoms with Gasteiger partial charge in [0, 0.05) is 23.7 Å².